The molecule has 6 heteroatoms. The molecule has 0 unspecified atom stereocenters. The Balaban J connectivity index is 1.70. The van der Waals surface area contributed by atoms with Crippen molar-refractivity contribution in [1.82, 2.24) is 15.5 Å². The maximum Gasteiger partial charge on any atom is 0.255 e. The molecule has 0 saturated heterocycles. The first-order valence-corrected chi connectivity index (χ1v) is 7.88. The number of H-pyrrole nitrogens is 1. The number of benzene rings is 2. The predicted molar refractivity (Wildman–Crippen MR) is 94.3 cm³/mol. The second-order valence-electron chi connectivity index (χ2n) is 5.52. The van der Waals surface area contributed by atoms with Crippen molar-refractivity contribution in [2.45, 2.75) is 6.10 Å². The molecule has 0 radical (unpaired) electrons. The Morgan fingerprint density at radius 1 is 1.20 bits per heavy atom. The van der Waals surface area contributed by atoms with Crippen LogP contribution in [0.3, 0.4) is 0 Å². The zero-order valence-corrected chi connectivity index (χ0v) is 13.8. The first-order valence-electron chi connectivity index (χ1n) is 7.88. The molecule has 0 spiro atoms. The molecule has 1 atom stereocenters. The summed E-state index contributed by atoms with van der Waals surface area (Å²) in [6, 6.07) is 16.5. The third-order valence-electron chi connectivity index (χ3n) is 3.90. The molecule has 0 aliphatic rings. The number of nitrogens with one attached hydrogen (secondary N) is 2. The molecule has 3 rings (SSSR count). The molecule has 1 aromatic heterocycles. The van der Waals surface area contributed by atoms with E-state index in [2.05, 4.69) is 15.5 Å². The van der Waals surface area contributed by atoms with E-state index in [1.54, 1.807) is 7.11 Å². The van der Waals surface area contributed by atoms with E-state index in [0.29, 0.717) is 11.3 Å². The standard InChI is InChI=1S/C19H19N3O3/c1-25-15-9-7-14(8-10-15)18-16(11-21-22-18)19(24)20-12-17(23)13-5-3-2-4-6-13/h2-11,17,23H,12H2,1H3,(H,20,24)(H,21,22)/t17-/m1/s1. The Labute approximate surface area is 145 Å². The Hall–Kier alpha value is -3.12. The van der Waals surface area contributed by atoms with E-state index in [-0.39, 0.29) is 12.5 Å². The van der Waals surface area contributed by atoms with Gasteiger partial charge in [-0.25, -0.2) is 0 Å². The first kappa shape index (κ1) is 16.7. The normalized spacial score (nSPS) is 11.8. The lowest BCUT2D eigenvalue weighted by molar-refractivity contribution is 0.0917. The molecule has 0 fully saturated rings. The highest BCUT2D eigenvalue weighted by Crippen LogP contribution is 2.23. The van der Waals surface area contributed by atoms with Crippen molar-refractivity contribution in [1.29, 1.82) is 0 Å². The van der Waals surface area contributed by atoms with Crippen LogP contribution in [0, 0.1) is 0 Å². The lowest BCUT2D eigenvalue weighted by atomic mass is 10.1. The number of hydrogen-bond donors (Lipinski definition) is 3. The lowest BCUT2D eigenvalue weighted by Crippen LogP contribution is -2.28. The van der Waals surface area contributed by atoms with Crippen LogP contribution in [0.2, 0.25) is 0 Å². The number of carbonyl (C=O) groups excluding carboxylic acids is 1. The number of carbonyl (C=O) groups is 1. The van der Waals surface area contributed by atoms with Crippen molar-refractivity contribution in [3.63, 3.8) is 0 Å². The Morgan fingerprint density at radius 2 is 1.92 bits per heavy atom. The average molecular weight is 337 g/mol. The maximum atomic E-state index is 12.5. The van der Waals surface area contributed by atoms with Crippen molar-refractivity contribution in [3.8, 4) is 17.0 Å². The average Bonchev–Trinajstić information content (AvgIpc) is 3.16. The topological polar surface area (TPSA) is 87.2 Å². The van der Waals surface area contributed by atoms with Crippen LogP contribution in [0.25, 0.3) is 11.3 Å². The van der Waals surface area contributed by atoms with Crippen molar-refractivity contribution >= 4 is 5.91 Å². The molecule has 25 heavy (non-hydrogen) atoms. The Kier molecular flexibility index (Phi) is 5.11. The minimum Gasteiger partial charge on any atom is -0.497 e. The number of aromatic nitrogens is 2. The molecule has 3 N–H and O–H groups in total. The number of aliphatic hydroxyl groups is 1. The van der Waals surface area contributed by atoms with Gasteiger partial charge in [-0.05, 0) is 29.8 Å². The van der Waals surface area contributed by atoms with E-state index >= 15 is 0 Å². The molecule has 0 aliphatic carbocycles. The first-order chi connectivity index (χ1) is 12.2. The summed E-state index contributed by atoms with van der Waals surface area (Å²) in [5.74, 6) is 0.440. The van der Waals surface area contributed by atoms with Crippen molar-refractivity contribution in [3.05, 3.63) is 71.9 Å². The van der Waals surface area contributed by atoms with Gasteiger partial charge in [0.25, 0.3) is 5.91 Å². The van der Waals surface area contributed by atoms with Crippen LogP contribution in [-0.4, -0.2) is 34.9 Å². The van der Waals surface area contributed by atoms with Crippen molar-refractivity contribution < 1.29 is 14.6 Å². The minimum atomic E-state index is -0.763. The van der Waals surface area contributed by atoms with Gasteiger partial charge in [0.1, 0.15) is 5.75 Å². The van der Waals surface area contributed by atoms with Gasteiger partial charge in [0.15, 0.2) is 0 Å². The number of nitrogens with zero attached hydrogens (tertiary/aromatic N) is 1. The van der Waals surface area contributed by atoms with Gasteiger partial charge in [0, 0.05) is 12.1 Å². The van der Waals surface area contributed by atoms with Crippen molar-refractivity contribution in [2.75, 3.05) is 13.7 Å². The molecule has 3 aromatic rings. The lowest BCUT2D eigenvalue weighted by Gasteiger charge is -2.12. The van der Waals surface area contributed by atoms with E-state index in [1.165, 1.54) is 6.20 Å². The summed E-state index contributed by atoms with van der Waals surface area (Å²) < 4.78 is 5.14. The van der Waals surface area contributed by atoms with E-state index in [1.807, 2.05) is 54.6 Å². The molecule has 6 nitrogen and oxygen atoms in total. The van der Waals surface area contributed by atoms with Crippen LogP contribution >= 0.6 is 0 Å². The second kappa shape index (κ2) is 7.63. The third kappa shape index (κ3) is 3.87. The van der Waals surface area contributed by atoms with Crippen LogP contribution in [-0.2, 0) is 0 Å². The number of hydrogen-bond acceptors (Lipinski definition) is 4. The van der Waals surface area contributed by atoms with E-state index in [9.17, 15) is 9.90 Å². The van der Waals surface area contributed by atoms with Gasteiger partial charge in [-0.15, -0.1) is 0 Å². The smallest absolute Gasteiger partial charge is 0.255 e. The highest BCUT2D eigenvalue weighted by atomic mass is 16.5. The molecule has 1 amide bonds. The highest BCUT2D eigenvalue weighted by Gasteiger charge is 2.16. The monoisotopic (exact) mass is 337 g/mol. The van der Waals surface area contributed by atoms with Gasteiger partial charge in [-0.3, -0.25) is 9.89 Å². The van der Waals surface area contributed by atoms with Crippen LogP contribution in [0.1, 0.15) is 22.0 Å². The number of rotatable bonds is 6. The summed E-state index contributed by atoms with van der Waals surface area (Å²) in [5, 5.41) is 19.7. The molecule has 128 valence electrons. The molecular weight excluding hydrogens is 318 g/mol. The van der Waals surface area contributed by atoms with E-state index in [4.69, 9.17) is 4.74 Å². The van der Waals surface area contributed by atoms with Gasteiger partial charge in [0.2, 0.25) is 0 Å². The van der Waals surface area contributed by atoms with Gasteiger partial charge in [-0.1, -0.05) is 30.3 Å². The molecule has 1 heterocycles. The van der Waals surface area contributed by atoms with Gasteiger partial charge >= 0.3 is 0 Å². The largest absolute Gasteiger partial charge is 0.497 e. The highest BCUT2D eigenvalue weighted by molar-refractivity contribution is 5.99. The number of ether oxygens (including phenoxy) is 1. The molecule has 0 bridgehead atoms. The van der Waals surface area contributed by atoms with Crippen molar-refractivity contribution in [2.24, 2.45) is 0 Å². The fourth-order valence-corrected chi connectivity index (χ4v) is 2.51. The summed E-state index contributed by atoms with van der Waals surface area (Å²) in [5.41, 5.74) is 2.62. The van der Waals surface area contributed by atoms with E-state index in [0.717, 1.165) is 16.9 Å². The third-order valence-corrected chi connectivity index (χ3v) is 3.90. The van der Waals surface area contributed by atoms with Crippen LogP contribution in [0.4, 0.5) is 0 Å². The number of methoxy groups -OCH3 is 1. The number of aliphatic hydroxyl groups excluding tert-OH is 1. The van der Waals surface area contributed by atoms with E-state index < -0.39 is 6.10 Å². The fraction of sp³-hybridized carbons (Fsp3) is 0.158. The Morgan fingerprint density at radius 3 is 2.60 bits per heavy atom. The van der Waals surface area contributed by atoms with Crippen LogP contribution in [0.5, 0.6) is 5.75 Å². The van der Waals surface area contributed by atoms with Crippen LogP contribution < -0.4 is 10.1 Å². The molecule has 0 aliphatic heterocycles. The predicted octanol–water partition coefficient (Wildman–Crippen LogP) is 2.55. The number of amides is 1. The molecular formula is C19H19N3O3. The summed E-state index contributed by atoms with van der Waals surface area (Å²) in [4.78, 5) is 12.5. The van der Waals surface area contributed by atoms with Gasteiger partial charge in [0.05, 0.1) is 30.7 Å². The SMILES string of the molecule is COc1ccc(-c2[nH]ncc2C(=O)NC[C@@H](O)c2ccccc2)cc1. The summed E-state index contributed by atoms with van der Waals surface area (Å²) in [7, 11) is 1.60. The van der Waals surface area contributed by atoms with Gasteiger partial charge < -0.3 is 15.2 Å². The van der Waals surface area contributed by atoms with Crippen LogP contribution in [0.15, 0.2) is 60.8 Å². The molecule has 2 aromatic carbocycles. The maximum absolute atomic E-state index is 12.5. The summed E-state index contributed by atoms with van der Waals surface area (Å²) in [6.45, 7) is 0.121. The summed E-state index contributed by atoms with van der Waals surface area (Å²) in [6.07, 6.45) is 0.713. The zero-order chi connectivity index (χ0) is 17.6. The molecule has 0 saturated carbocycles. The summed E-state index contributed by atoms with van der Waals surface area (Å²) >= 11 is 0. The second-order valence-corrected chi connectivity index (χ2v) is 5.52. The quantitative estimate of drug-likeness (QED) is 0.645. The minimum absolute atomic E-state index is 0.121. The Bertz CT molecular complexity index is 829. The van der Waals surface area contributed by atoms with Gasteiger partial charge in [-0.2, -0.15) is 5.10 Å². The fourth-order valence-electron chi connectivity index (χ4n) is 2.51. The zero-order valence-electron chi connectivity index (χ0n) is 13.8. The number of aromatic amines is 1.